The molecule has 78 valence electrons. The van der Waals surface area contributed by atoms with Crippen LogP contribution >= 0.6 is 23.1 Å². The number of hydrogen-bond acceptors (Lipinski definition) is 4. The first kappa shape index (κ1) is 10.5. The molecule has 0 aromatic carbocycles. The molecule has 14 heavy (non-hydrogen) atoms. The van der Waals surface area contributed by atoms with Crippen LogP contribution < -0.4 is 0 Å². The van der Waals surface area contributed by atoms with Crippen LogP contribution in [0.3, 0.4) is 0 Å². The number of aryl methyl sites for hydroxylation is 1. The molecule has 0 saturated heterocycles. The van der Waals surface area contributed by atoms with Crippen molar-refractivity contribution in [2.24, 2.45) is 0 Å². The standard InChI is InChI=1S/C10H15NOS2/c1-2-13-6-9-11-7-4-3-5-8(12)10(7)14-9/h8,12H,2-6H2,1H3. The van der Waals surface area contributed by atoms with Gasteiger partial charge in [0.1, 0.15) is 5.01 Å². The fraction of sp³-hybridized carbons (Fsp3) is 0.700. The molecule has 0 amide bonds. The number of thioether (sulfide) groups is 1. The van der Waals surface area contributed by atoms with Gasteiger partial charge in [0, 0.05) is 5.75 Å². The van der Waals surface area contributed by atoms with Crippen LogP contribution in [0.15, 0.2) is 0 Å². The van der Waals surface area contributed by atoms with Crippen LogP contribution in [-0.2, 0) is 12.2 Å². The van der Waals surface area contributed by atoms with Gasteiger partial charge in [-0.25, -0.2) is 4.98 Å². The fourth-order valence-corrected chi connectivity index (χ4v) is 3.56. The van der Waals surface area contributed by atoms with Gasteiger partial charge in [-0.2, -0.15) is 11.8 Å². The Kier molecular flexibility index (Phi) is 3.47. The minimum Gasteiger partial charge on any atom is -0.388 e. The number of aliphatic hydroxyl groups excluding tert-OH is 1. The second-order valence-electron chi connectivity index (χ2n) is 3.46. The van der Waals surface area contributed by atoms with Crippen molar-refractivity contribution in [2.75, 3.05) is 5.75 Å². The monoisotopic (exact) mass is 229 g/mol. The van der Waals surface area contributed by atoms with Crippen molar-refractivity contribution in [3.63, 3.8) is 0 Å². The zero-order valence-corrected chi connectivity index (χ0v) is 9.96. The van der Waals surface area contributed by atoms with Crippen LogP contribution in [-0.4, -0.2) is 15.8 Å². The Morgan fingerprint density at radius 2 is 2.50 bits per heavy atom. The molecule has 1 N–H and O–H groups in total. The van der Waals surface area contributed by atoms with E-state index in [1.54, 1.807) is 11.3 Å². The molecule has 1 aliphatic carbocycles. The molecule has 0 radical (unpaired) electrons. The third-order valence-electron chi connectivity index (χ3n) is 2.40. The van der Waals surface area contributed by atoms with E-state index in [-0.39, 0.29) is 6.10 Å². The van der Waals surface area contributed by atoms with Crippen LogP contribution in [0.2, 0.25) is 0 Å². The van der Waals surface area contributed by atoms with E-state index in [4.69, 9.17) is 0 Å². The Morgan fingerprint density at radius 3 is 3.21 bits per heavy atom. The predicted octanol–water partition coefficient (Wildman–Crippen LogP) is 2.77. The van der Waals surface area contributed by atoms with Crippen molar-refractivity contribution >= 4 is 23.1 Å². The van der Waals surface area contributed by atoms with Crippen molar-refractivity contribution in [1.29, 1.82) is 0 Å². The maximum absolute atomic E-state index is 9.76. The van der Waals surface area contributed by atoms with Gasteiger partial charge in [0.15, 0.2) is 0 Å². The highest BCUT2D eigenvalue weighted by atomic mass is 32.2. The molecule has 0 fully saturated rings. The summed E-state index contributed by atoms with van der Waals surface area (Å²) in [5, 5.41) is 10.9. The van der Waals surface area contributed by atoms with Crippen LogP contribution in [0.25, 0.3) is 0 Å². The molecule has 0 saturated carbocycles. The molecule has 0 spiro atoms. The number of hydrogen-bond donors (Lipinski definition) is 1. The molecule has 1 atom stereocenters. The minimum atomic E-state index is -0.239. The molecular weight excluding hydrogens is 214 g/mol. The lowest BCUT2D eigenvalue weighted by Crippen LogP contribution is -2.06. The first-order chi connectivity index (χ1) is 6.81. The largest absolute Gasteiger partial charge is 0.388 e. The molecule has 1 aromatic rings. The fourth-order valence-electron chi connectivity index (χ4n) is 1.70. The number of rotatable bonds is 3. The summed E-state index contributed by atoms with van der Waals surface area (Å²) in [6.07, 6.45) is 2.81. The van der Waals surface area contributed by atoms with E-state index in [9.17, 15) is 5.11 Å². The molecule has 0 aliphatic heterocycles. The van der Waals surface area contributed by atoms with Crippen molar-refractivity contribution in [1.82, 2.24) is 4.98 Å². The molecule has 1 unspecified atom stereocenters. The van der Waals surface area contributed by atoms with Crippen molar-refractivity contribution in [3.05, 3.63) is 15.6 Å². The molecule has 2 nitrogen and oxygen atoms in total. The number of fused-ring (bicyclic) bond motifs is 1. The zero-order chi connectivity index (χ0) is 9.97. The summed E-state index contributed by atoms with van der Waals surface area (Å²) in [4.78, 5) is 5.70. The van der Waals surface area contributed by atoms with Gasteiger partial charge in [-0.05, 0) is 25.0 Å². The average Bonchev–Trinajstić information content (AvgIpc) is 2.59. The lowest BCUT2D eigenvalue weighted by molar-refractivity contribution is 0.160. The zero-order valence-electron chi connectivity index (χ0n) is 8.32. The molecule has 1 heterocycles. The topological polar surface area (TPSA) is 33.1 Å². The predicted molar refractivity (Wildman–Crippen MR) is 61.8 cm³/mol. The van der Waals surface area contributed by atoms with Crippen LogP contribution in [0.1, 0.15) is 41.4 Å². The highest BCUT2D eigenvalue weighted by molar-refractivity contribution is 7.98. The summed E-state index contributed by atoms with van der Waals surface area (Å²) in [7, 11) is 0. The Balaban J connectivity index is 2.13. The third-order valence-corrected chi connectivity index (χ3v) is 4.66. The smallest absolute Gasteiger partial charge is 0.103 e. The normalized spacial score (nSPS) is 20.9. The Morgan fingerprint density at radius 1 is 1.64 bits per heavy atom. The first-order valence-corrected chi connectivity index (χ1v) is 7.02. The van der Waals surface area contributed by atoms with Crippen molar-refractivity contribution < 1.29 is 5.11 Å². The Labute approximate surface area is 92.8 Å². The molecule has 1 aliphatic rings. The van der Waals surface area contributed by atoms with E-state index in [0.717, 1.165) is 41.3 Å². The van der Waals surface area contributed by atoms with Crippen LogP contribution in [0, 0.1) is 0 Å². The van der Waals surface area contributed by atoms with E-state index in [0.29, 0.717) is 0 Å². The van der Waals surface area contributed by atoms with Gasteiger partial charge in [-0.1, -0.05) is 6.92 Å². The van der Waals surface area contributed by atoms with Gasteiger partial charge in [0.05, 0.1) is 16.7 Å². The average molecular weight is 229 g/mol. The van der Waals surface area contributed by atoms with Crippen molar-refractivity contribution in [3.8, 4) is 0 Å². The molecule has 2 rings (SSSR count). The van der Waals surface area contributed by atoms with E-state index in [1.165, 1.54) is 5.01 Å². The van der Waals surface area contributed by atoms with Gasteiger partial charge < -0.3 is 5.11 Å². The Hall–Kier alpha value is -0.0600. The van der Waals surface area contributed by atoms with Gasteiger partial charge in [-0.3, -0.25) is 0 Å². The SMILES string of the molecule is CCSCc1nc2c(s1)C(O)CCC2. The van der Waals surface area contributed by atoms with Crippen LogP contribution in [0.5, 0.6) is 0 Å². The second-order valence-corrected chi connectivity index (χ2v) is 5.85. The lowest BCUT2D eigenvalue weighted by atomic mass is 10.0. The third kappa shape index (κ3) is 2.12. The second kappa shape index (κ2) is 4.64. The molecule has 0 bridgehead atoms. The summed E-state index contributed by atoms with van der Waals surface area (Å²) >= 11 is 3.59. The van der Waals surface area contributed by atoms with Crippen LogP contribution in [0.4, 0.5) is 0 Å². The lowest BCUT2D eigenvalue weighted by Gasteiger charge is -2.14. The van der Waals surface area contributed by atoms with Gasteiger partial charge in [0.2, 0.25) is 0 Å². The van der Waals surface area contributed by atoms with Gasteiger partial charge >= 0.3 is 0 Å². The number of thiazole rings is 1. The summed E-state index contributed by atoms with van der Waals surface area (Å²) in [5.74, 6) is 2.13. The number of nitrogens with zero attached hydrogens (tertiary/aromatic N) is 1. The summed E-state index contributed by atoms with van der Waals surface area (Å²) in [6.45, 7) is 2.16. The Bertz CT molecular complexity index is 311. The van der Waals surface area contributed by atoms with E-state index >= 15 is 0 Å². The van der Waals surface area contributed by atoms with Crippen molar-refractivity contribution in [2.45, 2.75) is 38.0 Å². The highest BCUT2D eigenvalue weighted by Gasteiger charge is 2.22. The summed E-state index contributed by atoms with van der Waals surface area (Å²) in [6, 6.07) is 0. The molecule has 1 aromatic heterocycles. The maximum Gasteiger partial charge on any atom is 0.103 e. The first-order valence-electron chi connectivity index (χ1n) is 5.05. The number of aliphatic hydroxyl groups is 1. The summed E-state index contributed by atoms with van der Waals surface area (Å²) < 4.78 is 0. The molecule has 4 heteroatoms. The quantitative estimate of drug-likeness (QED) is 0.865. The summed E-state index contributed by atoms with van der Waals surface area (Å²) in [5.41, 5.74) is 1.15. The highest BCUT2D eigenvalue weighted by Crippen LogP contribution is 2.34. The molecular formula is C10H15NOS2. The van der Waals surface area contributed by atoms with E-state index in [2.05, 4.69) is 11.9 Å². The van der Waals surface area contributed by atoms with Gasteiger partial charge in [0.25, 0.3) is 0 Å². The number of aromatic nitrogens is 1. The maximum atomic E-state index is 9.76. The van der Waals surface area contributed by atoms with Gasteiger partial charge in [-0.15, -0.1) is 11.3 Å². The van der Waals surface area contributed by atoms with E-state index in [1.807, 2.05) is 11.8 Å². The minimum absolute atomic E-state index is 0.239. The van der Waals surface area contributed by atoms with E-state index < -0.39 is 0 Å².